The Morgan fingerprint density at radius 3 is 2.72 bits per heavy atom. The molecular weight excluding hydrogens is 348 g/mol. The number of esters is 2. The number of carbonyl (C=O) groups is 2. The number of aliphatic imine (C=N–C) groups is 1. The highest BCUT2D eigenvalue weighted by Gasteiger charge is 2.36. The second kappa shape index (κ2) is 6.47. The maximum atomic E-state index is 12.4. The average molecular weight is 366 g/mol. The van der Waals surface area contributed by atoms with Gasteiger partial charge in [-0.15, -0.1) is 0 Å². The average Bonchev–Trinajstić information content (AvgIpc) is 3.06. The molecule has 0 radical (unpaired) electrons. The minimum atomic E-state index is -3.69. The van der Waals surface area contributed by atoms with E-state index in [0.29, 0.717) is 12.0 Å². The van der Waals surface area contributed by atoms with Gasteiger partial charge in [0.05, 0.1) is 11.5 Å². The van der Waals surface area contributed by atoms with Gasteiger partial charge in [0.1, 0.15) is 5.84 Å². The second-order valence-corrected chi connectivity index (χ2v) is 7.80. The van der Waals surface area contributed by atoms with E-state index in [4.69, 9.17) is 9.47 Å². The number of nitrogens with zero attached hydrogens (tertiary/aromatic N) is 1. The number of amidine groups is 1. The Morgan fingerprint density at radius 1 is 1.36 bits per heavy atom. The van der Waals surface area contributed by atoms with E-state index in [1.165, 1.54) is 6.07 Å². The van der Waals surface area contributed by atoms with Gasteiger partial charge in [0.15, 0.2) is 6.04 Å². The van der Waals surface area contributed by atoms with Crippen LogP contribution in [0.15, 0.2) is 34.2 Å². The summed E-state index contributed by atoms with van der Waals surface area (Å²) in [6, 6.07) is 5.44. The number of sulfonamides is 1. The Bertz CT molecular complexity index is 846. The first-order chi connectivity index (χ1) is 11.8. The minimum Gasteiger partial charge on any atom is -0.463 e. The Hall–Kier alpha value is -2.42. The van der Waals surface area contributed by atoms with E-state index >= 15 is 0 Å². The number of hydrogen-bond donors (Lipinski definition) is 1. The number of ether oxygens (including phenoxy) is 2. The van der Waals surface area contributed by atoms with Crippen molar-refractivity contribution in [3.8, 4) is 0 Å². The van der Waals surface area contributed by atoms with E-state index in [-0.39, 0.29) is 23.3 Å². The van der Waals surface area contributed by atoms with Gasteiger partial charge in [-0.05, 0) is 18.1 Å². The molecule has 0 aliphatic carbocycles. The molecule has 0 aromatic heterocycles. The van der Waals surface area contributed by atoms with Gasteiger partial charge >= 0.3 is 11.9 Å². The van der Waals surface area contributed by atoms with Crippen molar-refractivity contribution in [2.45, 2.75) is 37.3 Å². The molecule has 1 aromatic rings. The molecule has 2 atom stereocenters. The van der Waals surface area contributed by atoms with E-state index in [0.717, 1.165) is 0 Å². The van der Waals surface area contributed by atoms with Crippen LogP contribution >= 0.6 is 0 Å². The van der Waals surface area contributed by atoms with Crippen LogP contribution in [-0.2, 0) is 29.1 Å². The second-order valence-electron chi connectivity index (χ2n) is 6.15. The van der Waals surface area contributed by atoms with Crippen molar-refractivity contribution in [3.05, 3.63) is 29.8 Å². The lowest BCUT2D eigenvalue weighted by Gasteiger charge is -2.18. The van der Waals surface area contributed by atoms with Gasteiger partial charge in [0.2, 0.25) is 6.10 Å². The molecule has 8 nitrogen and oxygen atoms in total. The summed E-state index contributed by atoms with van der Waals surface area (Å²) in [5.74, 6) is -1.42. The summed E-state index contributed by atoms with van der Waals surface area (Å²) in [7, 11) is -3.69. The summed E-state index contributed by atoms with van der Waals surface area (Å²) in [5, 5.41) is 0. The molecule has 3 rings (SSSR count). The van der Waals surface area contributed by atoms with Crippen LogP contribution in [0.4, 0.5) is 0 Å². The summed E-state index contributed by atoms with van der Waals surface area (Å²) in [5.41, 5.74) is 0.404. The van der Waals surface area contributed by atoms with E-state index in [1.54, 1.807) is 32.0 Å². The van der Waals surface area contributed by atoms with Crippen molar-refractivity contribution in [1.29, 1.82) is 0 Å². The number of cyclic esters (lactones) is 1. The Kier molecular flexibility index (Phi) is 4.51. The first-order valence-electron chi connectivity index (χ1n) is 7.87. The first kappa shape index (κ1) is 17.4. The zero-order valence-corrected chi connectivity index (χ0v) is 14.6. The van der Waals surface area contributed by atoms with Crippen molar-refractivity contribution in [2.75, 3.05) is 6.61 Å². The van der Waals surface area contributed by atoms with Gasteiger partial charge < -0.3 is 9.47 Å². The highest BCUT2D eigenvalue weighted by Crippen LogP contribution is 2.24. The maximum Gasteiger partial charge on any atom is 0.347 e. The molecule has 25 heavy (non-hydrogen) atoms. The smallest absolute Gasteiger partial charge is 0.347 e. The van der Waals surface area contributed by atoms with Gasteiger partial charge in [-0.3, -0.25) is 9.71 Å². The predicted molar refractivity (Wildman–Crippen MR) is 87.4 cm³/mol. The molecule has 2 aliphatic heterocycles. The Balaban J connectivity index is 1.88. The Labute approximate surface area is 145 Å². The van der Waals surface area contributed by atoms with E-state index in [9.17, 15) is 18.0 Å². The minimum absolute atomic E-state index is 0.0975. The lowest BCUT2D eigenvalue weighted by Crippen LogP contribution is -2.34. The SMILES string of the molecule is CC(C)[C@@H](N=C1NS(=O)(=O)c2ccccc21)C(=O)O[C@H]1CCOC1=O. The first-order valence-corrected chi connectivity index (χ1v) is 9.35. The number of benzene rings is 1. The number of nitrogens with one attached hydrogen (secondary N) is 1. The number of carbonyl (C=O) groups excluding carboxylic acids is 2. The zero-order chi connectivity index (χ0) is 18.2. The lowest BCUT2D eigenvalue weighted by atomic mass is 10.0. The van der Waals surface area contributed by atoms with E-state index < -0.39 is 34.1 Å². The lowest BCUT2D eigenvalue weighted by molar-refractivity contribution is -0.161. The molecule has 134 valence electrons. The van der Waals surface area contributed by atoms with Crippen molar-refractivity contribution in [2.24, 2.45) is 10.9 Å². The molecule has 1 aromatic carbocycles. The normalized spacial score (nSPS) is 23.9. The van der Waals surface area contributed by atoms with Crippen LogP contribution < -0.4 is 4.72 Å². The molecule has 0 unspecified atom stereocenters. The van der Waals surface area contributed by atoms with Crippen LogP contribution in [0.2, 0.25) is 0 Å². The van der Waals surface area contributed by atoms with Crippen LogP contribution in [0.25, 0.3) is 0 Å². The van der Waals surface area contributed by atoms with Crippen LogP contribution in [0.1, 0.15) is 25.8 Å². The summed E-state index contributed by atoms with van der Waals surface area (Å²) in [6.45, 7) is 3.74. The molecule has 0 saturated carbocycles. The molecular formula is C16H18N2O6S. The number of hydrogen-bond acceptors (Lipinski definition) is 7. The predicted octanol–water partition coefficient (Wildman–Crippen LogP) is 0.608. The van der Waals surface area contributed by atoms with Crippen LogP contribution in [0, 0.1) is 5.92 Å². The Morgan fingerprint density at radius 2 is 2.08 bits per heavy atom. The fraction of sp³-hybridized carbons (Fsp3) is 0.438. The van der Waals surface area contributed by atoms with Crippen molar-refractivity contribution in [1.82, 2.24) is 4.72 Å². The maximum absolute atomic E-state index is 12.4. The van der Waals surface area contributed by atoms with Crippen molar-refractivity contribution in [3.63, 3.8) is 0 Å². The highest BCUT2D eigenvalue weighted by atomic mass is 32.2. The molecule has 0 bridgehead atoms. The summed E-state index contributed by atoms with van der Waals surface area (Å²) in [4.78, 5) is 28.3. The quantitative estimate of drug-likeness (QED) is 0.782. The molecule has 2 aliphatic rings. The summed E-state index contributed by atoms with van der Waals surface area (Å²) < 4.78 is 36.6. The van der Waals surface area contributed by atoms with Gasteiger partial charge in [-0.1, -0.05) is 26.0 Å². The van der Waals surface area contributed by atoms with Crippen LogP contribution in [0.3, 0.4) is 0 Å². The van der Waals surface area contributed by atoms with Gasteiger partial charge in [-0.2, -0.15) is 0 Å². The van der Waals surface area contributed by atoms with E-state index in [1.807, 2.05) is 0 Å². The van der Waals surface area contributed by atoms with Gasteiger partial charge in [-0.25, -0.2) is 18.0 Å². The molecule has 0 amide bonds. The van der Waals surface area contributed by atoms with E-state index in [2.05, 4.69) is 9.71 Å². The third-order valence-corrected chi connectivity index (χ3v) is 5.35. The fourth-order valence-corrected chi connectivity index (χ4v) is 3.88. The molecule has 0 spiro atoms. The van der Waals surface area contributed by atoms with Crippen molar-refractivity contribution >= 4 is 27.8 Å². The monoisotopic (exact) mass is 366 g/mol. The number of fused-ring (bicyclic) bond motifs is 1. The fourth-order valence-electron chi connectivity index (χ4n) is 2.64. The molecule has 1 fully saturated rings. The molecule has 1 saturated heterocycles. The summed E-state index contributed by atoms with van der Waals surface area (Å²) >= 11 is 0. The van der Waals surface area contributed by atoms with Crippen LogP contribution in [0.5, 0.6) is 0 Å². The third-order valence-electron chi connectivity index (χ3n) is 3.95. The standard InChI is InChI=1S/C16H18N2O6S/c1-9(2)13(16(20)24-11-7-8-23-15(11)19)17-14-10-5-3-4-6-12(10)25(21,22)18-14/h3-6,9,11,13H,7-8H2,1-2H3,(H,17,18)/t11-,13+/m0/s1. The molecule has 9 heteroatoms. The van der Waals surface area contributed by atoms with Crippen LogP contribution in [-0.4, -0.2) is 44.9 Å². The number of rotatable bonds is 4. The summed E-state index contributed by atoms with van der Waals surface area (Å²) in [6.07, 6.45) is -0.622. The highest BCUT2D eigenvalue weighted by molar-refractivity contribution is 7.90. The third kappa shape index (κ3) is 3.37. The van der Waals surface area contributed by atoms with Crippen molar-refractivity contribution < 1.29 is 27.5 Å². The van der Waals surface area contributed by atoms with Gasteiger partial charge in [0, 0.05) is 12.0 Å². The molecule has 1 N–H and O–H groups in total. The van der Waals surface area contributed by atoms with Gasteiger partial charge in [0.25, 0.3) is 10.0 Å². The molecule has 2 heterocycles. The largest absolute Gasteiger partial charge is 0.463 e. The zero-order valence-electron chi connectivity index (χ0n) is 13.8. The topological polar surface area (TPSA) is 111 Å².